The number of carbonyl (C=O) groups is 2. The van der Waals surface area contributed by atoms with Gasteiger partial charge in [0.15, 0.2) is 0 Å². The highest BCUT2D eigenvalue weighted by Crippen LogP contribution is 2.30. The second-order valence-electron chi connectivity index (χ2n) is 7.18. The zero-order valence-corrected chi connectivity index (χ0v) is 18.9. The summed E-state index contributed by atoms with van der Waals surface area (Å²) in [5.74, 6) is -3.86. The number of hydrogen-bond donors (Lipinski definition) is 3. The van der Waals surface area contributed by atoms with E-state index in [1.165, 1.54) is 24.3 Å². The van der Waals surface area contributed by atoms with Gasteiger partial charge in [0.25, 0.3) is 10.0 Å². The maximum absolute atomic E-state index is 12.7. The van der Waals surface area contributed by atoms with Gasteiger partial charge in [-0.05, 0) is 36.9 Å². The number of benzene rings is 2. The average molecular weight is 503 g/mol. The number of nitrogens with one attached hydrogen (secondary N) is 1. The number of piperazine rings is 1. The van der Waals surface area contributed by atoms with Crippen LogP contribution in [0.1, 0.15) is 17.3 Å². The molecular weight excluding hydrogens is 479 g/mol. The Kier molecular flexibility index (Phi) is 8.87. The molecule has 1 aliphatic heterocycles. The van der Waals surface area contributed by atoms with E-state index in [-0.39, 0.29) is 16.1 Å². The van der Waals surface area contributed by atoms with Crippen molar-refractivity contribution in [1.82, 2.24) is 4.90 Å². The number of hydrogen-bond acceptors (Lipinski definition) is 6. The van der Waals surface area contributed by atoms with Crippen LogP contribution in [0, 0.1) is 0 Å². The van der Waals surface area contributed by atoms with Gasteiger partial charge in [-0.25, -0.2) is 18.0 Å². The third-order valence-electron chi connectivity index (χ3n) is 4.94. The first-order valence-electron chi connectivity index (χ1n) is 10.1. The minimum absolute atomic E-state index is 0.0386. The first kappa shape index (κ1) is 26.9. The van der Waals surface area contributed by atoms with Crippen molar-refractivity contribution >= 4 is 33.3 Å². The fraction of sp³-hybridized carbons (Fsp3) is 0.333. The number of carboxylic acids is 2. The molecular formula is C21H24F3N3O6S. The molecule has 1 fully saturated rings. The number of nitrogens with zero attached hydrogens (tertiary/aromatic N) is 2. The molecule has 3 rings (SSSR count). The Labute approximate surface area is 194 Å². The molecule has 1 saturated heterocycles. The lowest BCUT2D eigenvalue weighted by molar-refractivity contribution is -0.192. The molecule has 0 bridgehead atoms. The van der Waals surface area contributed by atoms with E-state index in [1.807, 2.05) is 0 Å². The van der Waals surface area contributed by atoms with Crippen molar-refractivity contribution in [2.45, 2.75) is 18.0 Å². The van der Waals surface area contributed by atoms with E-state index in [2.05, 4.69) is 21.4 Å². The average Bonchev–Trinajstić information content (AvgIpc) is 2.79. The summed E-state index contributed by atoms with van der Waals surface area (Å²) in [6, 6.07) is 12.6. The van der Waals surface area contributed by atoms with E-state index >= 15 is 0 Å². The molecule has 3 N–H and O–H groups in total. The maximum atomic E-state index is 12.7. The summed E-state index contributed by atoms with van der Waals surface area (Å²) in [6.45, 7) is 6.33. The monoisotopic (exact) mass is 503 g/mol. The van der Waals surface area contributed by atoms with E-state index in [9.17, 15) is 31.5 Å². The predicted octanol–water partition coefficient (Wildman–Crippen LogP) is 2.96. The highest BCUT2D eigenvalue weighted by Gasteiger charge is 2.38. The number of aliphatic carboxylic acids is 1. The van der Waals surface area contributed by atoms with Gasteiger partial charge < -0.3 is 20.0 Å². The Hall–Kier alpha value is -3.32. The van der Waals surface area contributed by atoms with Crippen LogP contribution in [0.4, 0.5) is 24.5 Å². The number of rotatable bonds is 6. The SMILES string of the molecule is CCN1CCN(c2ccc(C(=O)O)cc2NS(=O)(=O)c2ccccc2)CC1.O=C(O)C(F)(F)F. The van der Waals surface area contributed by atoms with Crippen LogP contribution >= 0.6 is 0 Å². The Bertz CT molecular complexity index is 1100. The van der Waals surface area contributed by atoms with Crippen LogP contribution in [0.3, 0.4) is 0 Å². The van der Waals surface area contributed by atoms with Gasteiger partial charge in [-0.15, -0.1) is 0 Å². The van der Waals surface area contributed by atoms with Crippen LogP contribution in [-0.2, 0) is 14.8 Å². The lowest BCUT2D eigenvalue weighted by Crippen LogP contribution is -2.46. The number of anilines is 2. The lowest BCUT2D eigenvalue weighted by atomic mass is 10.1. The quantitative estimate of drug-likeness (QED) is 0.549. The standard InChI is InChI=1S/C19H23N3O4S.C2HF3O2/c1-2-21-10-12-22(13-11-21)18-9-8-15(19(23)24)14-17(18)20-27(25,26)16-6-4-3-5-7-16;3-2(4,5)1(6)7/h3-9,14,20H,2,10-13H2,1H3,(H,23,24);(H,6,7). The summed E-state index contributed by atoms with van der Waals surface area (Å²) in [4.78, 5) is 24.8. The Balaban J connectivity index is 0.000000509. The van der Waals surface area contributed by atoms with E-state index in [0.717, 1.165) is 32.7 Å². The van der Waals surface area contributed by atoms with Crippen molar-refractivity contribution in [2.24, 2.45) is 0 Å². The van der Waals surface area contributed by atoms with Crippen LogP contribution in [0.15, 0.2) is 53.4 Å². The summed E-state index contributed by atoms with van der Waals surface area (Å²) < 4.78 is 59.8. The van der Waals surface area contributed by atoms with Gasteiger partial charge in [0.05, 0.1) is 21.8 Å². The van der Waals surface area contributed by atoms with Gasteiger partial charge in [0.1, 0.15) is 0 Å². The summed E-state index contributed by atoms with van der Waals surface area (Å²) >= 11 is 0. The summed E-state index contributed by atoms with van der Waals surface area (Å²) in [6.07, 6.45) is -5.08. The number of sulfonamides is 1. The predicted molar refractivity (Wildman–Crippen MR) is 119 cm³/mol. The normalized spacial score (nSPS) is 14.6. The van der Waals surface area contributed by atoms with E-state index in [4.69, 9.17) is 9.90 Å². The first-order valence-corrected chi connectivity index (χ1v) is 11.6. The smallest absolute Gasteiger partial charge is 0.478 e. The zero-order valence-electron chi connectivity index (χ0n) is 18.1. The maximum Gasteiger partial charge on any atom is 0.490 e. The Morgan fingerprint density at radius 3 is 2.03 bits per heavy atom. The second kappa shape index (κ2) is 11.2. The number of alkyl halides is 3. The molecule has 0 atom stereocenters. The first-order chi connectivity index (χ1) is 15.8. The van der Waals surface area contributed by atoms with Gasteiger partial charge in [-0.2, -0.15) is 13.2 Å². The number of halogens is 3. The molecule has 0 radical (unpaired) electrons. The molecule has 1 aliphatic rings. The van der Waals surface area contributed by atoms with E-state index in [0.29, 0.717) is 5.69 Å². The molecule has 0 unspecified atom stereocenters. The van der Waals surface area contributed by atoms with Crippen molar-refractivity contribution < 1.29 is 41.4 Å². The minimum atomic E-state index is -5.08. The van der Waals surface area contributed by atoms with Gasteiger partial charge in [0.2, 0.25) is 0 Å². The molecule has 2 aromatic carbocycles. The molecule has 1 heterocycles. The van der Waals surface area contributed by atoms with E-state index < -0.39 is 28.1 Å². The molecule has 34 heavy (non-hydrogen) atoms. The molecule has 9 nitrogen and oxygen atoms in total. The van der Waals surface area contributed by atoms with Crippen LogP contribution in [0.2, 0.25) is 0 Å². The number of carboxylic acid groups (broad SMARTS) is 2. The van der Waals surface area contributed by atoms with Crippen molar-refractivity contribution in [3.63, 3.8) is 0 Å². The van der Waals surface area contributed by atoms with Gasteiger partial charge in [-0.3, -0.25) is 4.72 Å². The summed E-state index contributed by atoms with van der Waals surface area (Å²) in [5.41, 5.74) is 1.01. The van der Waals surface area contributed by atoms with Crippen LogP contribution < -0.4 is 9.62 Å². The Morgan fingerprint density at radius 2 is 1.56 bits per heavy atom. The van der Waals surface area contributed by atoms with E-state index in [1.54, 1.807) is 24.3 Å². The van der Waals surface area contributed by atoms with Gasteiger partial charge in [0, 0.05) is 26.2 Å². The zero-order chi connectivity index (χ0) is 25.5. The van der Waals surface area contributed by atoms with Crippen molar-refractivity contribution in [1.29, 1.82) is 0 Å². The third kappa shape index (κ3) is 7.35. The molecule has 0 spiro atoms. The largest absolute Gasteiger partial charge is 0.490 e. The molecule has 186 valence electrons. The van der Waals surface area contributed by atoms with Gasteiger partial charge in [-0.1, -0.05) is 25.1 Å². The third-order valence-corrected chi connectivity index (χ3v) is 6.33. The Morgan fingerprint density at radius 1 is 1.00 bits per heavy atom. The van der Waals surface area contributed by atoms with Crippen LogP contribution in [0.5, 0.6) is 0 Å². The molecule has 0 aromatic heterocycles. The van der Waals surface area contributed by atoms with Crippen molar-refractivity contribution in [3.05, 3.63) is 54.1 Å². The molecule has 2 aromatic rings. The number of likely N-dealkylation sites (N-methyl/N-ethyl adjacent to an activating group) is 1. The molecule has 0 saturated carbocycles. The lowest BCUT2D eigenvalue weighted by Gasteiger charge is -2.36. The van der Waals surface area contributed by atoms with Crippen molar-refractivity contribution in [2.75, 3.05) is 42.3 Å². The number of aromatic carboxylic acids is 1. The van der Waals surface area contributed by atoms with Crippen molar-refractivity contribution in [3.8, 4) is 0 Å². The summed E-state index contributed by atoms with van der Waals surface area (Å²) in [5, 5.41) is 16.4. The van der Waals surface area contributed by atoms with Crippen LogP contribution in [0.25, 0.3) is 0 Å². The topological polar surface area (TPSA) is 127 Å². The van der Waals surface area contributed by atoms with Crippen LogP contribution in [-0.4, -0.2) is 74.4 Å². The summed E-state index contributed by atoms with van der Waals surface area (Å²) in [7, 11) is -3.81. The van der Waals surface area contributed by atoms with Gasteiger partial charge >= 0.3 is 18.1 Å². The molecule has 13 heteroatoms. The molecule has 0 aliphatic carbocycles. The fourth-order valence-corrected chi connectivity index (χ4v) is 4.22. The highest BCUT2D eigenvalue weighted by molar-refractivity contribution is 7.92. The minimum Gasteiger partial charge on any atom is -0.478 e. The second-order valence-corrected chi connectivity index (χ2v) is 8.86. The highest BCUT2D eigenvalue weighted by atomic mass is 32.2. The fourth-order valence-electron chi connectivity index (χ4n) is 3.13. The molecule has 0 amide bonds.